The topological polar surface area (TPSA) is 108 Å². The van der Waals surface area contributed by atoms with Crippen LogP contribution in [0.1, 0.15) is 48.3 Å². The van der Waals surface area contributed by atoms with Gasteiger partial charge in [0.05, 0.1) is 5.92 Å². The van der Waals surface area contributed by atoms with Crippen LogP contribution in [-0.4, -0.2) is 59.8 Å². The number of hydrogen-bond donors (Lipinski definition) is 3. The van der Waals surface area contributed by atoms with Crippen LogP contribution in [-0.2, 0) is 20.9 Å². The molecule has 3 aromatic rings. The molecule has 3 aliphatic rings. The van der Waals surface area contributed by atoms with E-state index in [4.69, 9.17) is 4.74 Å². The quantitative estimate of drug-likeness (QED) is 0.343. The molecule has 1 heterocycles. The second-order valence-electron chi connectivity index (χ2n) is 11.8. The molecule has 1 aliphatic heterocycles. The summed E-state index contributed by atoms with van der Waals surface area (Å²) in [5.74, 6) is -1.74. The molecule has 0 aromatic heterocycles. The molecule has 8 heteroatoms. The fraction of sp³-hybridized carbons (Fsp3) is 0.382. The maximum Gasteiger partial charge on any atom is 0.408 e. The van der Waals surface area contributed by atoms with Crippen molar-refractivity contribution >= 4 is 18.0 Å². The van der Waals surface area contributed by atoms with Crippen molar-refractivity contribution < 1.29 is 24.2 Å². The molecule has 6 rings (SSSR count). The minimum atomic E-state index is -1.17. The van der Waals surface area contributed by atoms with Crippen molar-refractivity contribution in [1.29, 1.82) is 0 Å². The third-order valence-electron chi connectivity index (χ3n) is 9.22. The molecule has 2 fully saturated rings. The number of carbonyl (C=O) groups excluding carboxylic acids is 2. The molecular weight excluding hydrogens is 530 g/mol. The van der Waals surface area contributed by atoms with Crippen molar-refractivity contribution in [2.45, 2.75) is 43.7 Å². The Morgan fingerprint density at radius 2 is 1.57 bits per heavy atom. The Morgan fingerprint density at radius 1 is 0.905 bits per heavy atom. The lowest BCUT2D eigenvalue weighted by Gasteiger charge is -2.30. The second kappa shape index (κ2) is 12.0. The predicted molar refractivity (Wildman–Crippen MR) is 159 cm³/mol. The number of benzene rings is 3. The van der Waals surface area contributed by atoms with E-state index in [1.54, 1.807) is 0 Å². The van der Waals surface area contributed by atoms with E-state index >= 15 is 0 Å². The third kappa shape index (κ3) is 5.63. The second-order valence-corrected chi connectivity index (χ2v) is 11.8. The van der Waals surface area contributed by atoms with Crippen LogP contribution in [0.25, 0.3) is 11.1 Å². The van der Waals surface area contributed by atoms with Crippen molar-refractivity contribution in [3.05, 3.63) is 95.6 Å². The molecule has 1 saturated carbocycles. The molecule has 3 N–H and O–H groups in total. The molecule has 0 spiro atoms. The Balaban J connectivity index is 1.15. The minimum absolute atomic E-state index is 0.0820. The zero-order chi connectivity index (χ0) is 29.1. The first-order chi connectivity index (χ1) is 20.4. The Morgan fingerprint density at radius 3 is 2.26 bits per heavy atom. The van der Waals surface area contributed by atoms with E-state index in [-0.39, 0.29) is 30.9 Å². The number of amides is 2. The number of nitrogens with one attached hydrogen (secondary N) is 2. The minimum Gasteiger partial charge on any atom is -0.481 e. The fourth-order valence-corrected chi connectivity index (χ4v) is 7.04. The Labute approximate surface area is 246 Å². The van der Waals surface area contributed by atoms with Crippen LogP contribution in [0.4, 0.5) is 4.79 Å². The lowest BCUT2D eigenvalue weighted by molar-refractivity contribution is -0.143. The number of likely N-dealkylation sites (tertiary alicyclic amines) is 1. The van der Waals surface area contributed by atoms with Crippen LogP contribution in [0.3, 0.4) is 0 Å². The van der Waals surface area contributed by atoms with Gasteiger partial charge in [0, 0.05) is 32.1 Å². The van der Waals surface area contributed by atoms with Crippen LogP contribution in [0.15, 0.2) is 78.9 Å². The largest absolute Gasteiger partial charge is 0.481 e. The molecule has 1 saturated heterocycles. The highest BCUT2D eigenvalue weighted by atomic mass is 16.5. The normalized spacial score (nSPS) is 23.2. The molecule has 0 radical (unpaired) electrons. The molecule has 2 amide bonds. The highest BCUT2D eigenvalue weighted by Gasteiger charge is 2.47. The molecule has 0 bridgehead atoms. The van der Waals surface area contributed by atoms with E-state index < -0.39 is 23.5 Å². The Bertz CT molecular complexity index is 1410. The summed E-state index contributed by atoms with van der Waals surface area (Å²) in [6, 6.07) is 26.4. The highest BCUT2D eigenvalue weighted by molar-refractivity contribution is 5.91. The van der Waals surface area contributed by atoms with Crippen LogP contribution in [0.5, 0.6) is 0 Å². The number of rotatable bonds is 9. The van der Waals surface area contributed by atoms with E-state index in [1.807, 2.05) is 54.6 Å². The molecule has 2 aliphatic carbocycles. The van der Waals surface area contributed by atoms with Gasteiger partial charge < -0.3 is 20.5 Å². The fourth-order valence-electron chi connectivity index (χ4n) is 7.04. The molecule has 218 valence electrons. The number of carboxylic acids is 1. The first kappa shape index (κ1) is 28.0. The maximum atomic E-state index is 13.8. The first-order valence-corrected chi connectivity index (χ1v) is 14.8. The number of alkyl carbamates (subject to hydrolysis) is 1. The van der Waals surface area contributed by atoms with Crippen molar-refractivity contribution in [2.24, 2.45) is 11.8 Å². The number of ether oxygens (including phenoxy) is 1. The zero-order valence-electron chi connectivity index (χ0n) is 23.6. The van der Waals surface area contributed by atoms with E-state index in [1.165, 1.54) is 0 Å². The monoisotopic (exact) mass is 567 g/mol. The van der Waals surface area contributed by atoms with E-state index in [2.05, 4.69) is 39.8 Å². The van der Waals surface area contributed by atoms with Gasteiger partial charge in [0.25, 0.3) is 0 Å². The van der Waals surface area contributed by atoms with E-state index in [9.17, 15) is 19.5 Å². The average molecular weight is 568 g/mol. The van der Waals surface area contributed by atoms with Crippen molar-refractivity contribution in [1.82, 2.24) is 15.5 Å². The summed E-state index contributed by atoms with van der Waals surface area (Å²) in [4.78, 5) is 41.0. The number of aliphatic carboxylic acids is 1. The summed E-state index contributed by atoms with van der Waals surface area (Å²) in [7, 11) is 0. The summed E-state index contributed by atoms with van der Waals surface area (Å²) < 4.78 is 5.83. The summed E-state index contributed by atoms with van der Waals surface area (Å²) in [6.45, 7) is 2.07. The summed E-state index contributed by atoms with van der Waals surface area (Å²) in [5, 5.41) is 15.5. The summed E-state index contributed by atoms with van der Waals surface area (Å²) >= 11 is 0. The van der Waals surface area contributed by atoms with Gasteiger partial charge in [-0.25, -0.2) is 4.79 Å². The molecule has 3 atom stereocenters. The van der Waals surface area contributed by atoms with Crippen LogP contribution in [0.2, 0.25) is 0 Å². The standard InChI is InChI=1S/C34H37N3O5/c38-31(39)25-16-8-11-24(25)19-35-32(40)34(17-18-37(22-34)20-23-9-2-1-3-10-23)36-33(41)42-21-30-28-14-6-4-12-26(28)27-13-5-7-15-29(27)30/h1-7,9-10,12-15,24-25,30H,8,11,16-22H2,(H,35,40)(H,36,41)(H,38,39)/t24-,25-,34?/m1/s1. The van der Waals surface area contributed by atoms with Gasteiger partial charge in [-0.15, -0.1) is 0 Å². The average Bonchev–Trinajstić information content (AvgIpc) is 3.72. The lowest BCUT2D eigenvalue weighted by Crippen LogP contribution is -2.61. The van der Waals surface area contributed by atoms with Crippen LogP contribution >= 0.6 is 0 Å². The van der Waals surface area contributed by atoms with E-state index in [0.717, 1.165) is 40.7 Å². The van der Waals surface area contributed by atoms with Gasteiger partial charge in [0.2, 0.25) is 5.91 Å². The third-order valence-corrected chi connectivity index (χ3v) is 9.22. The zero-order valence-corrected chi connectivity index (χ0v) is 23.6. The van der Waals surface area contributed by atoms with Gasteiger partial charge in [0.1, 0.15) is 12.1 Å². The number of nitrogens with zero attached hydrogens (tertiary/aromatic N) is 1. The predicted octanol–water partition coefficient (Wildman–Crippen LogP) is 4.79. The smallest absolute Gasteiger partial charge is 0.408 e. The van der Waals surface area contributed by atoms with Gasteiger partial charge in [-0.3, -0.25) is 14.5 Å². The highest BCUT2D eigenvalue weighted by Crippen LogP contribution is 2.44. The number of carbonyl (C=O) groups is 3. The number of carboxylic acid groups (broad SMARTS) is 1. The van der Waals surface area contributed by atoms with Crippen molar-refractivity contribution in [3.63, 3.8) is 0 Å². The van der Waals surface area contributed by atoms with Gasteiger partial charge in [-0.05, 0) is 53.0 Å². The van der Waals surface area contributed by atoms with Crippen LogP contribution < -0.4 is 10.6 Å². The number of fused-ring (bicyclic) bond motifs is 3. The Kier molecular flexibility index (Phi) is 7.98. The molecule has 8 nitrogen and oxygen atoms in total. The van der Waals surface area contributed by atoms with Gasteiger partial charge in [-0.1, -0.05) is 85.3 Å². The first-order valence-electron chi connectivity index (χ1n) is 14.8. The van der Waals surface area contributed by atoms with Gasteiger partial charge >= 0.3 is 12.1 Å². The molecular formula is C34H37N3O5. The number of hydrogen-bond acceptors (Lipinski definition) is 5. The van der Waals surface area contributed by atoms with Gasteiger partial charge in [0.15, 0.2) is 0 Å². The van der Waals surface area contributed by atoms with Crippen LogP contribution in [0, 0.1) is 11.8 Å². The van der Waals surface area contributed by atoms with Crippen molar-refractivity contribution in [2.75, 3.05) is 26.2 Å². The summed E-state index contributed by atoms with van der Waals surface area (Å²) in [5.41, 5.74) is 4.50. The molecule has 42 heavy (non-hydrogen) atoms. The van der Waals surface area contributed by atoms with Gasteiger partial charge in [-0.2, -0.15) is 0 Å². The maximum absolute atomic E-state index is 13.8. The van der Waals surface area contributed by atoms with E-state index in [0.29, 0.717) is 32.5 Å². The Hall–Kier alpha value is -4.17. The summed E-state index contributed by atoms with van der Waals surface area (Å²) in [6.07, 6.45) is 2.04. The SMILES string of the molecule is O=C(NC1(C(=O)NC[C@H]2CCC[C@H]2C(=O)O)CCN(Cc2ccccc2)C1)OCC1c2ccccc2-c2ccccc21. The molecule has 3 aromatic carbocycles. The van der Waals surface area contributed by atoms with Crippen molar-refractivity contribution in [3.8, 4) is 11.1 Å². The molecule has 1 unspecified atom stereocenters. The lowest BCUT2D eigenvalue weighted by atomic mass is 9.94.